The monoisotopic (exact) mass is 400 g/mol. The van der Waals surface area contributed by atoms with E-state index in [0.717, 1.165) is 5.19 Å². The average molecular weight is 400 g/mol. The third kappa shape index (κ3) is 4.38. The minimum absolute atomic E-state index is 0.000348. The van der Waals surface area contributed by atoms with Gasteiger partial charge in [0.25, 0.3) is 0 Å². The molecule has 0 atom stereocenters. The zero-order chi connectivity index (χ0) is 21.1. The van der Waals surface area contributed by atoms with Gasteiger partial charge in [0, 0.05) is 0 Å². The number of nitrogens with zero attached hydrogens (tertiary/aromatic N) is 1. The van der Waals surface area contributed by atoms with E-state index in [2.05, 4.69) is 29.7 Å². The SMILES string of the molecule is COC(=O)c1cc(Nc2ccc([Si](C)(C)C)cc2F)c(C(=O)OC)cc1C#N. The molecule has 0 unspecified atom stereocenters. The molecule has 0 saturated carbocycles. The first-order valence-electron chi connectivity index (χ1n) is 8.44. The maximum atomic E-state index is 14.7. The molecule has 0 aliphatic rings. The smallest absolute Gasteiger partial charge is 0.340 e. The van der Waals surface area contributed by atoms with Crippen LogP contribution < -0.4 is 10.5 Å². The van der Waals surface area contributed by atoms with E-state index in [0.29, 0.717) is 0 Å². The number of carbonyl (C=O) groups excluding carboxylic acids is 2. The lowest BCUT2D eigenvalue weighted by atomic mass is 10.0. The van der Waals surface area contributed by atoms with Gasteiger partial charge in [-0.25, -0.2) is 14.0 Å². The van der Waals surface area contributed by atoms with Crippen molar-refractivity contribution in [3.63, 3.8) is 0 Å². The Hall–Kier alpha value is -3.18. The van der Waals surface area contributed by atoms with Gasteiger partial charge in [0.1, 0.15) is 11.9 Å². The van der Waals surface area contributed by atoms with Crippen molar-refractivity contribution < 1.29 is 23.5 Å². The van der Waals surface area contributed by atoms with Gasteiger partial charge < -0.3 is 14.8 Å². The molecular formula is C20H21FN2O4Si. The Bertz CT molecular complexity index is 977. The van der Waals surface area contributed by atoms with E-state index >= 15 is 0 Å². The van der Waals surface area contributed by atoms with Gasteiger partial charge in [0.15, 0.2) is 0 Å². The lowest BCUT2D eigenvalue weighted by Crippen LogP contribution is -2.37. The Morgan fingerprint density at radius 2 is 1.61 bits per heavy atom. The minimum Gasteiger partial charge on any atom is -0.465 e. The summed E-state index contributed by atoms with van der Waals surface area (Å²) in [6.45, 7) is 6.31. The van der Waals surface area contributed by atoms with Crippen LogP contribution in [0.25, 0.3) is 0 Å². The summed E-state index contributed by atoms with van der Waals surface area (Å²) in [4.78, 5) is 24.1. The number of methoxy groups -OCH3 is 2. The van der Waals surface area contributed by atoms with E-state index in [9.17, 15) is 19.2 Å². The second-order valence-electron chi connectivity index (χ2n) is 7.11. The molecule has 0 aliphatic carbocycles. The number of benzene rings is 2. The molecule has 0 spiro atoms. The Morgan fingerprint density at radius 3 is 2.11 bits per heavy atom. The standard InChI is InChI=1S/C20H21FN2O4Si/c1-26-19(24)14-10-18(15(20(25)27-2)8-12(14)11-22)23-17-7-6-13(9-16(17)21)28(3,4)5/h6-10,23H,1-5H3. The summed E-state index contributed by atoms with van der Waals surface area (Å²) in [5.74, 6) is -1.96. The molecule has 2 aromatic carbocycles. The molecule has 2 aromatic rings. The van der Waals surface area contributed by atoms with Gasteiger partial charge in [-0.2, -0.15) is 5.26 Å². The van der Waals surface area contributed by atoms with Crippen LogP contribution in [-0.4, -0.2) is 34.2 Å². The molecule has 0 heterocycles. The average Bonchev–Trinajstić information content (AvgIpc) is 2.67. The van der Waals surface area contributed by atoms with Crippen LogP contribution in [0.15, 0.2) is 30.3 Å². The van der Waals surface area contributed by atoms with Gasteiger partial charge in [-0.15, -0.1) is 0 Å². The zero-order valence-electron chi connectivity index (χ0n) is 16.3. The van der Waals surface area contributed by atoms with Crippen LogP contribution in [-0.2, 0) is 9.47 Å². The van der Waals surface area contributed by atoms with E-state index in [1.807, 2.05) is 12.1 Å². The summed E-state index contributed by atoms with van der Waals surface area (Å²) in [7, 11) is 0.676. The van der Waals surface area contributed by atoms with Crippen LogP contribution >= 0.6 is 0 Å². The molecule has 0 amide bonds. The molecule has 0 radical (unpaired) electrons. The van der Waals surface area contributed by atoms with E-state index in [-0.39, 0.29) is 28.1 Å². The Kier molecular flexibility index (Phi) is 6.21. The molecule has 0 aromatic heterocycles. The molecule has 146 valence electrons. The van der Waals surface area contributed by atoms with Crippen molar-refractivity contribution in [3.8, 4) is 6.07 Å². The lowest BCUT2D eigenvalue weighted by Gasteiger charge is -2.18. The third-order valence-corrected chi connectivity index (χ3v) is 6.24. The van der Waals surface area contributed by atoms with Crippen LogP contribution in [0, 0.1) is 17.1 Å². The molecule has 0 bridgehead atoms. The van der Waals surface area contributed by atoms with Gasteiger partial charge in [0.2, 0.25) is 0 Å². The van der Waals surface area contributed by atoms with Crippen molar-refractivity contribution in [2.45, 2.75) is 19.6 Å². The van der Waals surface area contributed by atoms with Crippen LogP contribution in [0.4, 0.5) is 15.8 Å². The number of hydrogen-bond acceptors (Lipinski definition) is 6. The molecular weight excluding hydrogens is 379 g/mol. The van der Waals surface area contributed by atoms with Gasteiger partial charge in [-0.3, -0.25) is 0 Å². The second-order valence-corrected chi connectivity index (χ2v) is 12.2. The normalized spacial score (nSPS) is 10.8. The number of anilines is 2. The number of esters is 2. The number of hydrogen-bond donors (Lipinski definition) is 1. The molecule has 1 N–H and O–H groups in total. The molecule has 8 heteroatoms. The molecule has 0 saturated heterocycles. The highest BCUT2D eigenvalue weighted by molar-refractivity contribution is 6.88. The van der Waals surface area contributed by atoms with Crippen molar-refractivity contribution >= 4 is 36.6 Å². The Balaban J connectivity index is 2.59. The fraction of sp³-hybridized carbons (Fsp3) is 0.250. The van der Waals surface area contributed by atoms with Crippen LogP contribution in [0.2, 0.25) is 19.6 Å². The first-order chi connectivity index (χ1) is 13.1. The number of nitriles is 1. The Labute approximate surface area is 163 Å². The second kappa shape index (κ2) is 8.23. The summed E-state index contributed by atoms with van der Waals surface area (Å²) >= 11 is 0. The van der Waals surface area contributed by atoms with Crippen molar-refractivity contribution in [1.29, 1.82) is 5.26 Å². The van der Waals surface area contributed by atoms with E-state index < -0.39 is 25.8 Å². The Morgan fingerprint density at radius 1 is 1.00 bits per heavy atom. The molecule has 0 aliphatic heterocycles. The van der Waals surface area contributed by atoms with Crippen LogP contribution in [0.5, 0.6) is 0 Å². The maximum Gasteiger partial charge on any atom is 0.340 e. The number of halogens is 1. The number of carbonyl (C=O) groups is 2. The first-order valence-corrected chi connectivity index (χ1v) is 11.9. The highest BCUT2D eigenvalue weighted by atomic mass is 28.3. The van der Waals surface area contributed by atoms with Crippen LogP contribution in [0.1, 0.15) is 26.3 Å². The highest BCUT2D eigenvalue weighted by Gasteiger charge is 2.22. The van der Waals surface area contributed by atoms with E-state index in [1.165, 1.54) is 32.4 Å². The molecule has 0 fully saturated rings. The van der Waals surface area contributed by atoms with Crippen molar-refractivity contribution in [3.05, 3.63) is 52.8 Å². The van der Waals surface area contributed by atoms with E-state index in [4.69, 9.17) is 4.74 Å². The van der Waals surface area contributed by atoms with Gasteiger partial charge in [0.05, 0.1) is 50.4 Å². The quantitative estimate of drug-likeness (QED) is 0.610. The summed E-state index contributed by atoms with van der Waals surface area (Å²) in [6.07, 6.45) is 0. The van der Waals surface area contributed by atoms with Gasteiger partial charge in [-0.1, -0.05) is 30.9 Å². The number of nitrogens with one attached hydrogen (secondary N) is 1. The molecule has 28 heavy (non-hydrogen) atoms. The number of rotatable bonds is 5. The third-order valence-electron chi connectivity index (χ3n) is 4.19. The van der Waals surface area contributed by atoms with Crippen molar-refractivity contribution in [2.24, 2.45) is 0 Å². The fourth-order valence-corrected chi connectivity index (χ4v) is 3.72. The minimum atomic E-state index is -1.69. The topological polar surface area (TPSA) is 88.4 Å². The predicted octanol–water partition coefficient (Wildman–Crippen LogP) is 3.56. The lowest BCUT2D eigenvalue weighted by molar-refractivity contribution is 0.0587. The summed E-state index contributed by atoms with van der Waals surface area (Å²) in [6, 6.07) is 9.23. The fourth-order valence-electron chi connectivity index (χ4n) is 2.58. The predicted molar refractivity (Wildman–Crippen MR) is 106 cm³/mol. The zero-order valence-corrected chi connectivity index (χ0v) is 17.3. The summed E-state index contributed by atoms with van der Waals surface area (Å²) in [5.41, 5.74) is 0.172. The first kappa shape index (κ1) is 21.1. The van der Waals surface area contributed by atoms with Crippen molar-refractivity contribution in [1.82, 2.24) is 0 Å². The van der Waals surface area contributed by atoms with E-state index in [1.54, 1.807) is 6.07 Å². The molecule has 2 rings (SSSR count). The van der Waals surface area contributed by atoms with Gasteiger partial charge in [-0.05, 0) is 24.3 Å². The summed E-state index contributed by atoms with van der Waals surface area (Å²) in [5, 5.41) is 13.1. The van der Waals surface area contributed by atoms with Crippen LogP contribution in [0.3, 0.4) is 0 Å². The maximum absolute atomic E-state index is 14.7. The van der Waals surface area contributed by atoms with Gasteiger partial charge >= 0.3 is 11.9 Å². The largest absolute Gasteiger partial charge is 0.465 e. The van der Waals surface area contributed by atoms with Crippen molar-refractivity contribution in [2.75, 3.05) is 19.5 Å². The summed E-state index contributed by atoms with van der Waals surface area (Å²) < 4.78 is 24.1. The molecule has 6 nitrogen and oxygen atoms in total. The number of ether oxygens (including phenoxy) is 2. The highest BCUT2D eigenvalue weighted by Crippen LogP contribution is 2.27.